The molecule has 0 aromatic carbocycles. The predicted octanol–water partition coefficient (Wildman–Crippen LogP) is 1.42. The molecule has 2 rings (SSSR count). The maximum absolute atomic E-state index is 11.9. The standard InChI is InChI=1S/C11H18N4OS2/c1-3-7-6-15(4-5-17-7)11-8(10(16)13-2)9(12)14-18-11/h7H,3-6H2,1-2H3,(H2,12,14)(H,13,16). The molecule has 1 atom stereocenters. The number of amides is 1. The topological polar surface area (TPSA) is 71.2 Å². The van der Waals surface area contributed by atoms with Gasteiger partial charge in [-0.3, -0.25) is 4.79 Å². The fourth-order valence-corrected chi connectivity index (χ4v) is 4.02. The van der Waals surface area contributed by atoms with Crippen LogP contribution in [-0.2, 0) is 0 Å². The van der Waals surface area contributed by atoms with Gasteiger partial charge in [0, 0.05) is 31.1 Å². The first-order chi connectivity index (χ1) is 8.67. The highest BCUT2D eigenvalue weighted by Gasteiger charge is 2.26. The van der Waals surface area contributed by atoms with Crippen molar-refractivity contribution in [2.24, 2.45) is 0 Å². The fraction of sp³-hybridized carbons (Fsp3) is 0.636. The molecular formula is C11H18N4OS2. The molecule has 1 unspecified atom stereocenters. The van der Waals surface area contributed by atoms with Crippen molar-refractivity contribution in [3.8, 4) is 0 Å². The van der Waals surface area contributed by atoms with Crippen molar-refractivity contribution in [2.45, 2.75) is 18.6 Å². The lowest BCUT2D eigenvalue weighted by molar-refractivity contribution is 0.0964. The Morgan fingerprint density at radius 2 is 2.44 bits per heavy atom. The van der Waals surface area contributed by atoms with E-state index in [1.807, 2.05) is 11.8 Å². The van der Waals surface area contributed by atoms with Crippen molar-refractivity contribution < 1.29 is 4.79 Å². The number of rotatable bonds is 3. The maximum atomic E-state index is 11.9. The van der Waals surface area contributed by atoms with Crippen molar-refractivity contribution in [3.63, 3.8) is 0 Å². The lowest BCUT2D eigenvalue weighted by atomic mass is 10.2. The molecule has 1 aromatic heterocycles. The highest BCUT2D eigenvalue weighted by Crippen LogP contribution is 2.34. The molecule has 1 saturated heterocycles. The van der Waals surface area contributed by atoms with E-state index in [-0.39, 0.29) is 5.91 Å². The Labute approximate surface area is 115 Å². The van der Waals surface area contributed by atoms with Crippen molar-refractivity contribution >= 4 is 40.0 Å². The summed E-state index contributed by atoms with van der Waals surface area (Å²) in [6.07, 6.45) is 1.14. The van der Waals surface area contributed by atoms with Gasteiger partial charge in [-0.2, -0.15) is 16.1 Å². The molecule has 18 heavy (non-hydrogen) atoms. The van der Waals surface area contributed by atoms with Gasteiger partial charge in [0.2, 0.25) is 0 Å². The van der Waals surface area contributed by atoms with Crippen LogP contribution in [0.5, 0.6) is 0 Å². The second kappa shape index (κ2) is 5.79. The fourth-order valence-electron chi connectivity index (χ4n) is 2.00. The SMILES string of the molecule is CCC1CN(c2snc(N)c2C(=O)NC)CCS1. The van der Waals surface area contributed by atoms with Crippen molar-refractivity contribution in [3.05, 3.63) is 5.56 Å². The van der Waals surface area contributed by atoms with Gasteiger partial charge in [0.05, 0.1) is 0 Å². The third-order valence-corrected chi connectivity index (χ3v) is 5.33. The number of aromatic nitrogens is 1. The average Bonchev–Trinajstić information content (AvgIpc) is 2.80. The molecule has 0 bridgehead atoms. The molecule has 1 aliphatic rings. The molecule has 1 aliphatic heterocycles. The van der Waals surface area contributed by atoms with Gasteiger partial charge in [-0.1, -0.05) is 6.92 Å². The summed E-state index contributed by atoms with van der Waals surface area (Å²) in [5, 5.41) is 4.16. The smallest absolute Gasteiger partial charge is 0.257 e. The van der Waals surface area contributed by atoms with Crippen LogP contribution in [-0.4, -0.2) is 41.4 Å². The molecule has 0 saturated carbocycles. The van der Waals surface area contributed by atoms with Gasteiger partial charge in [0.15, 0.2) is 5.82 Å². The molecule has 7 heteroatoms. The van der Waals surface area contributed by atoms with E-state index in [2.05, 4.69) is 21.5 Å². The van der Waals surface area contributed by atoms with Gasteiger partial charge in [-0.25, -0.2) is 0 Å². The second-order valence-corrected chi connectivity index (χ2v) is 6.33. The first-order valence-corrected chi connectivity index (χ1v) is 7.83. The zero-order valence-electron chi connectivity index (χ0n) is 10.6. The lowest BCUT2D eigenvalue weighted by Crippen LogP contribution is -2.38. The van der Waals surface area contributed by atoms with Crippen LogP contribution in [0.4, 0.5) is 10.8 Å². The van der Waals surface area contributed by atoms with Gasteiger partial charge in [0.25, 0.3) is 5.91 Å². The van der Waals surface area contributed by atoms with Crippen molar-refractivity contribution in [2.75, 3.05) is 36.5 Å². The Kier molecular flexibility index (Phi) is 4.34. The molecule has 3 N–H and O–H groups in total. The Bertz CT molecular complexity index is 435. The number of carbonyl (C=O) groups excluding carboxylic acids is 1. The van der Waals surface area contributed by atoms with E-state index in [9.17, 15) is 4.79 Å². The summed E-state index contributed by atoms with van der Waals surface area (Å²) in [4.78, 5) is 14.1. The number of carbonyl (C=O) groups is 1. The Hall–Kier alpha value is -0.950. The second-order valence-electron chi connectivity index (χ2n) is 4.17. The number of nitrogens with one attached hydrogen (secondary N) is 1. The zero-order chi connectivity index (χ0) is 13.1. The van der Waals surface area contributed by atoms with Gasteiger partial charge in [-0.15, -0.1) is 0 Å². The van der Waals surface area contributed by atoms with Gasteiger partial charge in [-0.05, 0) is 18.0 Å². The molecule has 0 spiro atoms. The molecule has 0 radical (unpaired) electrons. The van der Waals surface area contributed by atoms with Gasteiger partial charge < -0.3 is 16.0 Å². The van der Waals surface area contributed by atoms with Gasteiger partial charge >= 0.3 is 0 Å². The normalized spacial score (nSPS) is 19.9. The van der Waals surface area contributed by atoms with Crippen LogP contribution >= 0.6 is 23.3 Å². The largest absolute Gasteiger partial charge is 0.382 e. The monoisotopic (exact) mass is 286 g/mol. The first-order valence-electron chi connectivity index (χ1n) is 6.01. The Balaban J connectivity index is 2.25. The minimum absolute atomic E-state index is 0.150. The van der Waals surface area contributed by atoms with Crippen LogP contribution in [0.25, 0.3) is 0 Å². The van der Waals surface area contributed by atoms with E-state index >= 15 is 0 Å². The van der Waals surface area contributed by atoms with Gasteiger partial charge in [0.1, 0.15) is 10.6 Å². The molecular weight excluding hydrogens is 268 g/mol. The summed E-state index contributed by atoms with van der Waals surface area (Å²) in [6.45, 7) is 4.11. The molecule has 2 heterocycles. The van der Waals surface area contributed by atoms with Crippen LogP contribution in [0.15, 0.2) is 0 Å². The maximum Gasteiger partial charge on any atom is 0.257 e. The number of anilines is 2. The third kappa shape index (κ3) is 2.56. The van der Waals surface area contributed by atoms with E-state index in [0.717, 1.165) is 30.3 Å². The molecule has 1 aromatic rings. The summed E-state index contributed by atoms with van der Waals surface area (Å²) < 4.78 is 4.12. The predicted molar refractivity (Wildman–Crippen MR) is 78.7 cm³/mol. The quantitative estimate of drug-likeness (QED) is 0.879. The molecule has 1 fully saturated rings. The van der Waals surface area contributed by atoms with Crippen molar-refractivity contribution in [1.29, 1.82) is 0 Å². The number of hydrogen-bond donors (Lipinski definition) is 2. The lowest BCUT2D eigenvalue weighted by Gasteiger charge is -2.32. The van der Waals surface area contributed by atoms with E-state index in [1.165, 1.54) is 11.5 Å². The van der Waals surface area contributed by atoms with Crippen LogP contribution in [0.1, 0.15) is 23.7 Å². The van der Waals surface area contributed by atoms with E-state index in [1.54, 1.807) is 7.05 Å². The number of thioether (sulfide) groups is 1. The molecule has 1 amide bonds. The zero-order valence-corrected chi connectivity index (χ0v) is 12.2. The number of hydrogen-bond acceptors (Lipinski definition) is 6. The van der Waals surface area contributed by atoms with Crippen LogP contribution < -0.4 is 16.0 Å². The van der Waals surface area contributed by atoms with Crippen LogP contribution in [0, 0.1) is 0 Å². The molecule has 0 aliphatic carbocycles. The van der Waals surface area contributed by atoms with E-state index < -0.39 is 0 Å². The van der Waals surface area contributed by atoms with Crippen LogP contribution in [0.2, 0.25) is 0 Å². The third-order valence-electron chi connectivity index (χ3n) is 3.04. The highest BCUT2D eigenvalue weighted by molar-refractivity contribution is 8.00. The number of nitrogens with two attached hydrogens (primary N) is 1. The summed E-state index contributed by atoms with van der Waals surface area (Å²) >= 11 is 3.32. The highest BCUT2D eigenvalue weighted by atomic mass is 32.2. The van der Waals surface area contributed by atoms with Crippen molar-refractivity contribution in [1.82, 2.24) is 9.69 Å². The summed E-state index contributed by atoms with van der Waals surface area (Å²) in [5.41, 5.74) is 6.33. The summed E-state index contributed by atoms with van der Waals surface area (Å²) in [5.74, 6) is 1.27. The first kappa shape index (κ1) is 13.5. The van der Waals surface area contributed by atoms with E-state index in [4.69, 9.17) is 5.73 Å². The minimum atomic E-state index is -0.150. The Morgan fingerprint density at radius 1 is 1.67 bits per heavy atom. The number of nitrogens with zero attached hydrogens (tertiary/aromatic N) is 2. The average molecular weight is 286 g/mol. The number of nitrogen functional groups attached to an aromatic ring is 1. The molecule has 5 nitrogen and oxygen atoms in total. The summed E-state index contributed by atoms with van der Waals surface area (Å²) in [6, 6.07) is 0. The Morgan fingerprint density at radius 3 is 3.11 bits per heavy atom. The van der Waals surface area contributed by atoms with Crippen LogP contribution in [0.3, 0.4) is 0 Å². The summed E-state index contributed by atoms with van der Waals surface area (Å²) in [7, 11) is 1.62. The molecule has 100 valence electrons. The minimum Gasteiger partial charge on any atom is -0.382 e. The van der Waals surface area contributed by atoms with E-state index in [0.29, 0.717) is 16.6 Å².